The molecular formula is C20H21N3O4. The lowest BCUT2D eigenvalue weighted by Gasteiger charge is -2.36. The van der Waals surface area contributed by atoms with Crippen molar-refractivity contribution in [1.82, 2.24) is 9.88 Å². The van der Waals surface area contributed by atoms with Crippen LogP contribution in [-0.4, -0.2) is 48.6 Å². The number of nitrogens with zero attached hydrogens (tertiary/aromatic N) is 2. The summed E-state index contributed by atoms with van der Waals surface area (Å²) in [5, 5.41) is 0. The molecule has 140 valence electrons. The molecule has 0 bridgehead atoms. The van der Waals surface area contributed by atoms with Crippen LogP contribution >= 0.6 is 0 Å². The SMILES string of the molecule is O=C(CCOc1ccccc1)N1CCN(c2ccc3oc(=O)[nH]c3c2)CC1. The van der Waals surface area contributed by atoms with Crippen LogP contribution < -0.4 is 15.4 Å². The van der Waals surface area contributed by atoms with Crippen LogP contribution in [0.4, 0.5) is 5.69 Å². The minimum absolute atomic E-state index is 0.111. The molecule has 0 radical (unpaired) electrons. The van der Waals surface area contributed by atoms with E-state index in [1.807, 2.05) is 47.4 Å². The average molecular weight is 367 g/mol. The summed E-state index contributed by atoms with van der Waals surface area (Å²) in [5.41, 5.74) is 2.25. The van der Waals surface area contributed by atoms with Crippen LogP contribution in [0.5, 0.6) is 5.75 Å². The fourth-order valence-electron chi connectivity index (χ4n) is 3.28. The third-order valence-electron chi connectivity index (χ3n) is 4.73. The van der Waals surface area contributed by atoms with Crippen molar-refractivity contribution in [2.24, 2.45) is 0 Å². The summed E-state index contributed by atoms with van der Waals surface area (Å²) >= 11 is 0. The van der Waals surface area contributed by atoms with E-state index in [0.29, 0.717) is 37.2 Å². The number of rotatable bonds is 5. The molecule has 1 fully saturated rings. The molecule has 2 aromatic carbocycles. The lowest BCUT2D eigenvalue weighted by Crippen LogP contribution is -2.49. The highest BCUT2D eigenvalue weighted by Crippen LogP contribution is 2.21. The highest BCUT2D eigenvalue weighted by molar-refractivity contribution is 5.78. The van der Waals surface area contributed by atoms with E-state index < -0.39 is 5.76 Å². The van der Waals surface area contributed by atoms with E-state index >= 15 is 0 Å². The van der Waals surface area contributed by atoms with E-state index in [2.05, 4.69) is 9.88 Å². The number of carbonyl (C=O) groups excluding carboxylic acids is 1. The predicted molar refractivity (Wildman–Crippen MR) is 102 cm³/mol. The van der Waals surface area contributed by atoms with E-state index in [1.54, 1.807) is 6.07 Å². The summed E-state index contributed by atoms with van der Waals surface area (Å²) in [6.45, 7) is 3.22. The molecule has 0 spiro atoms. The molecule has 27 heavy (non-hydrogen) atoms. The summed E-state index contributed by atoms with van der Waals surface area (Å²) in [6.07, 6.45) is 0.372. The number of para-hydroxylation sites is 1. The first-order chi connectivity index (χ1) is 13.2. The Kier molecular flexibility index (Phi) is 4.82. The van der Waals surface area contributed by atoms with Gasteiger partial charge in [0.15, 0.2) is 5.58 Å². The zero-order chi connectivity index (χ0) is 18.6. The van der Waals surface area contributed by atoms with E-state index in [4.69, 9.17) is 9.15 Å². The van der Waals surface area contributed by atoms with Gasteiger partial charge in [-0.1, -0.05) is 18.2 Å². The predicted octanol–water partition coefficient (Wildman–Crippen LogP) is 2.24. The molecule has 0 unspecified atom stereocenters. The number of H-pyrrole nitrogens is 1. The normalized spacial score (nSPS) is 14.5. The molecule has 4 rings (SSSR count). The van der Waals surface area contributed by atoms with Crippen molar-refractivity contribution in [1.29, 1.82) is 0 Å². The molecule has 1 aliphatic rings. The Morgan fingerprint density at radius 3 is 2.63 bits per heavy atom. The Bertz CT molecular complexity index is 972. The number of hydrogen-bond donors (Lipinski definition) is 1. The molecule has 1 N–H and O–H groups in total. The number of piperazine rings is 1. The van der Waals surface area contributed by atoms with Crippen LogP contribution in [0.1, 0.15) is 6.42 Å². The first-order valence-electron chi connectivity index (χ1n) is 9.02. The molecule has 1 aliphatic heterocycles. The Morgan fingerprint density at radius 1 is 1.07 bits per heavy atom. The van der Waals surface area contributed by atoms with Crippen molar-refractivity contribution in [2.75, 3.05) is 37.7 Å². The standard InChI is InChI=1S/C20H21N3O4/c24-19(8-13-26-16-4-2-1-3-5-16)23-11-9-22(10-12-23)15-6-7-18-17(14-15)21-20(25)27-18/h1-7,14H,8-13H2,(H,21,25). The largest absolute Gasteiger partial charge is 0.493 e. The lowest BCUT2D eigenvalue weighted by atomic mass is 10.2. The number of ether oxygens (including phenoxy) is 1. The van der Waals surface area contributed by atoms with Crippen LogP contribution in [-0.2, 0) is 4.79 Å². The molecule has 7 nitrogen and oxygen atoms in total. The van der Waals surface area contributed by atoms with Crippen molar-refractivity contribution in [3.63, 3.8) is 0 Å². The molecule has 0 aliphatic carbocycles. The second-order valence-electron chi connectivity index (χ2n) is 6.47. The number of aromatic amines is 1. The van der Waals surface area contributed by atoms with Crippen LogP contribution in [0.25, 0.3) is 11.1 Å². The van der Waals surface area contributed by atoms with Gasteiger partial charge >= 0.3 is 5.76 Å². The average Bonchev–Trinajstić information content (AvgIpc) is 3.08. The maximum Gasteiger partial charge on any atom is 0.417 e. The van der Waals surface area contributed by atoms with Crippen LogP contribution in [0.2, 0.25) is 0 Å². The third kappa shape index (κ3) is 3.97. The van der Waals surface area contributed by atoms with Gasteiger partial charge in [0.1, 0.15) is 5.75 Å². The third-order valence-corrected chi connectivity index (χ3v) is 4.73. The van der Waals surface area contributed by atoms with Gasteiger partial charge in [0, 0.05) is 31.9 Å². The number of aromatic nitrogens is 1. The molecule has 1 amide bonds. The lowest BCUT2D eigenvalue weighted by molar-refractivity contribution is -0.132. The van der Waals surface area contributed by atoms with E-state index in [9.17, 15) is 9.59 Å². The smallest absolute Gasteiger partial charge is 0.417 e. The van der Waals surface area contributed by atoms with E-state index in [0.717, 1.165) is 24.5 Å². The van der Waals surface area contributed by atoms with Gasteiger partial charge < -0.3 is 19.0 Å². The highest BCUT2D eigenvalue weighted by atomic mass is 16.5. The van der Waals surface area contributed by atoms with Crippen LogP contribution in [0, 0.1) is 0 Å². The van der Waals surface area contributed by atoms with Crippen LogP contribution in [0.3, 0.4) is 0 Å². The monoisotopic (exact) mass is 367 g/mol. The number of carbonyl (C=O) groups is 1. The summed E-state index contributed by atoms with van der Waals surface area (Å²) in [6, 6.07) is 15.1. The number of amides is 1. The van der Waals surface area contributed by atoms with E-state index in [1.165, 1.54) is 0 Å². The number of nitrogens with one attached hydrogen (secondary N) is 1. The zero-order valence-corrected chi connectivity index (χ0v) is 14.9. The molecule has 7 heteroatoms. The topological polar surface area (TPSA) is 78.8 Å². The molecule has 2 heterocycles. The Balaban J connectivity index is 1.28. The zero-order valence-electron chi connectivity index (χ0n) is 14.9. The van der Waals surface area contributed by atoms with Crippen LogP contribution in [0.15, 0.2) is 57.7 Å². The van der Waals surface area contributed by atoms with Gasteiger partial charge in [0.2, 0.25) is 5.91 Å². The molecule has 1 aromatic heterocycles. The molecule has 0 saturated carbocycles. The van der Waals surface area contributed by atoms with Crippen molar-refractivity contribution in [3.8, 4) is 5.75 Å². The summed E-state index contributed by atoms with van der Waals surface area (Å²) in [4.78, 5) is 30.4. The van der Waals surface area contributed by atoms with Gasteiger partial charge in [0.25, 0.3) is 0 Å². The van der Waals surface area contributed by atoms with Crippen molar-refractivity contribution in [3.05, 3.63) is 59.1 Å². The van der Waals surface area contributed by atoms with Gasteiger partial charge in [-0.25, -0.2) is 4.79 Å². The number of fused-ring (bicyclic) bond motifs is 1. The Morgan fingerprint density at radius 2 is 1.85 bits per heavy atom. The fraction of sp³-hybridized carbons (Fsp3) is 0.300. The quantitative estimate of drug-likeness (QED) is 0.748. The van der Waals surface area contributed by atoms with Gasteiger partial charge in [-0.15, -0.1) is 0 Å². The summed E-state index contributed by atoms with van der Waals surface area (Å²) in [7, 11) is 0. The summed E-state index contributed by atoms with van der Waals surface area (Å²) in [5.74, 6) is 0.443. The molecule has 3 aromatic rings. The first-order valence-corrected chi connectivity index (χ1v) is 9.02. The Labute approximate surface area is 156 Å². The minimum atomic E-state index is -0.449. The van der Waals surface area contributed by atoms with Crippen molar-refractivity contribution >= 4 is 22.7 Å². The van der Waals surface area contributed by atoms with Gasteiger partial charge in [0.05, 0.1) is 18.5 Å². The fourth-order valence-corrected chi connectivity index (χ4v) is 3.28. The first kappa shape index (κ1) is 17.2. The number of hydrogen-bond acceptors (Lipinski definition) is 5. The second kappa shape index (κ2) is 7.57. The van der Waals surface area contributed by atoms with Crippen molar-refractivity contribution in [2.45, 2.75) is 6.42 Å². The van der Waals surface area contributed by atoms with Gasteiger partial charge in [-0.05, 0) is 30.3 Å². The molecule has 1 saturated heterocycles. The second-order valence-corrected chi connectivity index (χ2v) is 6.47. The number of benzene rings is 2. The molecule has 0 atom stereocenters. The number of anilines is 1. The maximum atomic E-state index is 12.4. The maximum absolute atomic E-state index is 12.4. The minimum Gasteiger partial charge on any atom is -0.493 e. The van der Waals surface area contributed by atoms with E-state index in [-0.39, 0.29) is 5.91 Å². The van der Waals surface area contributed by atoms with Gasteiger partial charge in [-0.2, -0.15) is 0 Å². The summed E-state index contributed by atoms with van der Waals surface area (Å²) < 4.78 is 10.6. The van der Waals surface area contributed by atoms with Gasteiger partial charge in [-0.3, -0.25) is 9.78 Å². The van der Waals surface area contributed by atoms with Crippen molar-refractivity contribution < 1.29 is 13.9 Å². The molecular weight excluding hydrogens is 346 g/mol. The Hall–Kier alpha value is -3.22. The number of oxazole rings is 1. The highest BCUT2D eigenvalue weighted by Gasteiger charge is 2.21.